The molecule has 5 nitrogen and oxygen atoms in total. The van der Waals surface area contributed by atoms with Gasteiger partial charge in [-0.05, 0) is 35.9 Å². The van der Waals surface area contributed by atoms with Crippen molar-refractivity contribution in [2.75, 3.05) is 10.6 Å². The van der Waals surface area contributed by atoms with Crippen LogP contribution in [0.25, 0.3) is 0 Å². The second-order valence-electron chi connectivity index (χ2n) is 4.44. The smallest absolute Gasteiger partial charge is 0.221 e. The van der Waals surface area contributed by atoms with Gasteiger partial charge in [0.05, 0.1) is 0 Å². The Hall–Kier alpha value is -2.69. The molecule has 0 saturated heterocycles. The summed E-state index contributed by atoms with van der Waals surface area (Å²) in [5.74, 6) is -0.400. The Morgan fingerprint density at radius 1 is 1.05 bits per heavy atom. The molecule has 104 valence electrons. The summed E-state index contributed by atoms with van der Waals surface area (Å²) in [4.78, 5) is 11.0. The van der Waals surface area contributed by atoms with Crippen molar-refractivity contribution in [1.82, 2.24) is 0 Å². The average molecular weight is 272 g/mol. The molecule has 0 bridgehead atoms. The number of nitrogens with one attached hydrogen (secondary N) is 2. The number of rotatable bonds is 4. The summed E-state index contributed by atoms with van der Waals surface area (Å²) >= 11 is 0. The fraction of sp³-hybridized carbons (Fsp3) is 0.133. The molecule has 1 amide bonds. The highest BCUT2D eigenvalue weighted by molar-refractivity contribution is 5.89. The zero-order valence-electron chi connectivity index (χ0n) is 11.1. The van der Waals surface area contributed by atoms with Gasteiger partial charge in [0, 0.05) is 24.8 Å². The molecule has 0 aliphatic rings. The lowest BCUT2D eigenvalue weighted by Gasteiger charge is -2.09. The van der Waals surface area contributed by atoms with E-state index in [0.717, 1.165) is 16.9 Å². The summed E-state index contributed by atoms with van der Waals surface area (Å²) < 4.78 is 0. The Kier molecular flexibility index (Phi) is 4.10. The number of aromatic hydroxyl groups is 2. The van der Waals surface area contributed by atoms with Gasteiger partial charge in [-0.1, -0.05) is 12.1 Å². The molecule has 0 saturated carbocycles. The summed E-state index contributed by atoms with van der Waals surface area (Å²) in [5, 5.41) is 24.5. The van der Waals surface area contributed by atoms with E-state index in [0.29, 0.717) is 6.54 Å². The minimum absolute atomic E-state index is 0.120. The van der Waals surface area contributed by atoms with E-state index in [1.165, 1.54) is 19.1 Å². The molecule has 0 aliphatic heterocycles. The molecular weight excluding hydrogens is 256 g/mol. The van der Waals surface area contributed by atoms with Gasteiger partial charge in [0.15, 0.2) is 11.5 Å². The summed E-state index contributed by atoms with van der Waals surface area (Å²) in [6.45, 7) is 1.96. The summed E-state index contributed by atoms with van der Waals surface area (Å²) in [5.41, 5.74) is 2.41. The number of hydrogen-bond donors (Lipinski definition) is 4. The maximum absolute atomic E-state index is 11.0. The van der Waals surface area contributed by atoms with Gasteiger partial charge in [-0.25, -0.2) is 0 Å². The molecule has 0 unspecified atom stereocenters. The first-order valence-electron chi connectivity index (χ1n) is 6.17. The Balaban J connectivity index is 2.03. The maximum atomic E-state index is 11.0. The average Bonchev–Trinajstić information content (AvgIpc) is 2.40. The fourth-order valence-electron chi connectivity index (χ4n) is 1.79. The highest BCUT2D eigenvalue weighted by atomic mass is 16.3. The number of phenolic OH excluding ortho intramolecular Hbond substituents is 2. The molecule has 2 aromatic carbocycles. The fourth-order valence-corrected chi connectivity index (χ4v) is 1.79. The Morgan fingerprint density at radius 2 is 1.80 bits per heavy atom. The zero-order valence-corrected chi connectivity index (χ0v) is 11.1. The van der Waals surface area contributed by atoms with Crippen LogP contribution < -0.4 is 10.6 Å². The van der Waals surface area contributed by atoms with E-state index in [2.05, 4.69) is 10.6 Å². The van der Waals surface area contributed by atoms with E-state index >= 15 is 0 Å². The van der Waals surface area contributed by atoms with Crippen LogP contribution in [0.4, 0.5) is 11.4 Å². The lowest BCUT2D eigenvalue weighted by molar-refractivity contribution is -0.114. The third-order valence-corrected chi connectivity index (χ3v) is 2.72. The van der Waals surface area contributed by atoms with E-state index in [4.69, 9.17) is 0 Å². The van der Waals surface area contributed by atoms with E-state index in [-0.39, 0.29) is 17.4 Å². The monoisotopic (exact) mass is 272 g/mol. The van der Waals surface area contributed by atoms with Gasteiger partial charge < -0.3 is 20.8 Å². The lowest BCUT2D eigenvalue weighted by atomic mass is 10.2. The van der Waals surface area contributed by atoms with E-state index in [1.807, 2.05) is 18.2 Å². The van der Waals surface area contributed by atoms with Crippen LogP contribution in [0.5, 0.6) is 11.5 Å². The van der Waals surface area contributed by atoms with Gasteiger partial charge in [-0.15, -0.1) is 0 Å². The van der Waals surface area contributed by atoms with Crippen molar-refractivity contribution < 1.29 is 15.0 Å². The van der Waals surface area contributed by atoms with Gasteiger partial charge in [0.25, 0.3) is 0 Å². The standard InChI is InChI=1S/C15H16N2O3/c1-10(18)17-13-4-2-3-12(8-13)16-9-11-5-6-14(19)15(20)7-11/h2-8,16,19-20H,9H2,1H3,(H,17,18). The number of carbonyl (C=O) groups is 1. The SMILES string of the molecule is CC(=O)Nc1cccc(NCc2ccc(O)c(O)c2)c1. The predicted octanol–water partition coefficient (Wildman–Crippen LogP) is 2.67. The molecule has 0 fully saturated rings. The van der Waals surface area contributed by atoms with Gasteiger partial charge in [-0.3, -0.25) is 4.79 Å². The molecule has 0 aliphatic carbocycles. The Labute approximate surface area is 116 Å². The molecule has 0 spiro atoms. The third kappa shape index (κ3) is 3.65. The number of benzene rings is 2. The van der Waals surface area contributed by atoms with Crippen molar-refractivity contribution in [1.29, 1.82) is 0 Å². The highest BCUT2D eigenvalue weighted by Crippen LogP contribution is 2.25. The van der Waals surface area contributed by atoms with Crippen LogP contribution in [0.2, 0.25) is 0 Å². The minimum Gasteiger partial charge on any atom is -0.504 e. The molecule has 20 heavy (non-hydrogen) atoms. The van der Waals surface area contributed by atoms with Gasteiger partial charge >= 0.3 is 0 Å². The molecule has 4 N–H and O–H groups in total. The number of carbonyl (C=O) groups excluding carboxylic acids is 1. The van der Waals surface area contributed by atoms with Crippen molar-refractivity contribution in [3.05, 3.63) is 48.0 Å². The van der Waals surface area contributed by atoms with Crippen LogP contribution >= 0.6 is 0 Å². The molecule has 0 heterocycles. The zero-order chi connectivity index (χ0) is 14.5. The van der Waals surface area contributed by atoms with Gasteiger partial charge in [0.1, 0.15) is 0 Å². The normalized spacial score (nSPS) is 10.1. The van der Waals surface area contributed by atoms with Crippen molar-refractivity contribution in [2.24, 2.45) is 0 Å². The summed E-state index contributed by atoms with van der Waals surface area (Å²) in [6, 6.07) is 12.0. The molecule has 0 aromatic heterocycles. The minimum atomic E-state index is -0.142. The quantitative estimate of drug-likeness (QED) is 0.645. The van der Waals surface area contributed by atoms with Crippen molar-refractivity contribution >= 4 is 17.3 Å². The molecule has 2 aromatic rings. The number of anilines is 2. The highest BCUT2D eigenvalue weighted by Gasteiger charge is 2.01. The largest absolute Gasteiger partial charge is 0.504 e. The lowest BCUT2D eigenvalue weighted by Crippen LogP contribution is -2.06. The van der Waals surface area contributed by atoms with Crippen LogP contribution in [0.15, 0.2) is 42.5 Å². The van der Waals surface area contributed by atoms with E-state index < -0.39 is 0 Å². The molecule has 5 heteroatoms. The van der Waals surface area contributed by atoms with E-state index in [1.54, 1.807) is 12.1 Å². The first kappa shape index (κ1) is 13.7. The molecule has 0 radical (unpaired) electrons. The third-order valence-electron chi connectivity index (χ3n) is 2.72. The van der Waals surface area contributed by atoms with Crippen LogP contribution in [0.1, 0.15) is 12.5 Å². The van der Waals surface area contributed by atoms with Gasteiger partial charge in [-0.2, -0.15) is 0 Å². The van der Waals surface area contributed by atoms with Crippen molar-refractivity contribution in [3.8, 4) is 11.5 Å². The van der Waals surface area contributed by atoms with Crippen LogP contribution in [0.3, 0.4) is 0 Å². The van der Waals surface area contributed by atoms with Crippen LogP contribution in [0, 0.1) is 0 Å². The first-order valence-corrected chi connectivity index (χ1v) is 6.17. The summed E-state index contributed by atoms with van der Waals surface area (Å²) in [6.07, 6.45) is 0. The number of phenols is 2. The number of hydrogen-bond acceptors (Lipinski definition) is 4. The topological polar surface area (TPSA) is 81.6 Å². The summed E-state index contributed by atoms with van der Waals surface area (Å²) in [7, 11) is 0. The van der Waals surface area contributed by atoms with Crippen LogP contribution in [-0.2, 0) is 11.3 Å². The van der Waals surface area contributed by atoms with Crippen molar-refractivity contribution in [2.45, 2.75) is 13.5 Å². The second kappa shape index (κ2) is 5.97. The van der Waals surface area contributed by atoms with E-state index in [9.17, 15) is 15.0 Å². The Morgan fingerprint density at radius 3 is 2.50 bits per heavy atom. The molecular formula is C15H16N2O3. The first-order chi connectivity index (χ1) is 9.54. The molecule has 2 rings (SSSR count). The van der Waals surface area contributed by atoms with Crippen molar-refractivity contribution in [3.63, 3.8) is 0 Å². The number of amides is 1. The second-order valence-corrected chi connectivity index (χ2v) is 4.44. The Bertz CT molecular complexity index is 626. The maximum Gasteiger partial charge on any atom is 0.221 e. The predicted molar refractivity (Wildman–Crippen MR) is 77.8 cm³/mol. The molecule has 0 atom stereocenters. The van der Waals surface area contributed by atoms with Crippen LogP contribution in [-0.4, -0.2) is 16.1 Å². The van der Waals surface area contributed by atoms with Gasteiger partial charge in [0.2, 0.25) is 5.91 Å².